The Kier molecular flexibility index (Phi) is 7.59. The number of fused-ring (bicyclic) bond motifs is 1. The van der Waals surface area contributed by atoms with Gasteiger partial charge in [0.25, 0.3) is 5.91 Å². The van der Waals surface area contributed by atoms with E-state index in [0.717, 1.165) is 44.7 Å². The number of aromatic nitrogens is 2. The SMILES string of the molecule is COCCn1c(C)cc(/C=N\NC(=O)c2ccc(CSc3nc4ccccc4s3)cc2)c1C. The number of benzene rings is 2. The molecule has 0 unspecified atom stereocenters. The fraction of sp³-hybridized carbons (Fsp3) is 0.240. The first kappa shape index (κ1) is 23.2. The summed E-state index contributed by atoms with van der Waals surface area (Å²) >= 11 is 3.41. The van der Waals surface area contributed by atoms with Crippen LogP contribution in [0.1, 0.15) is 32.9 Å². The molecular weight excluding hydrogens is 452 g/mol. The number of thioether (sulfide) groups is 1. The first-order valence-corrected chi connectivity index (χ1v) is 12.4. The molecule has 33 heavy (non-hydrogen) atoms. The monoisotopic (exact) mass is 478 g/mol. The van der Waals surface area contributed by atoms with Crippen LogP contribution in [-0.2, 0) is 17.0 Å². The molecule has 0 aliphatic carbocycles. The lowest BCUT2D eigenvalue weighted by molar-refractivity contribution is 0.0955. The number of hydrogen-bond acceptors (Lipinski definition) is 6. The summed E-state index contributed by atoms with van der Waals surface area (Å²) in [6.07, 6.45) is 1.69. The number of thiazole rings is 1. The molecule has 0 bridgehead atoms. The van der Waals surface area contributed by atoms with Gasteiger partial charge in [0.15, 0.2) is 4.34 Å². The Hall–Kier alpha value is -2.94. The minimum absolute atomic E-state index is 0.232. The van der Waals surface area contributed by atoms with Gasteiger partial charge < -0.3 is 9.30 Å². The highest BCUT2D eigenvalue weighted by Gasteiger charge is 2.09. The second kappa shape index (κ2) is 10.8. The predicted molar refractivity (Wildman–Crippen MR) is 136 cm³/mol. The summed E-state index contributed by atoms with van der Waals surface area (Å²) in [6.45, 7) is 5.53. The Labute approximate surface area is 201 Å². The maximum absolute atomic E-state index is 12.5. The van der Waals surface area contributed by atoms with Gasteiger partial charge in [0.2, 0.25) is 0 Å². The highest BCUT2D eigenvalue weighted by molar-refractivity contribution is 8.00. The van der Waals surface area contributed by atoms with Crippen molar-refractivity contribution in [1.29, 1.82) is 0 Å². The lowest BCUT2D eigenvalue weighted by atomic mass is 10.1. The number of hydrazone groups is 1. The number of aryl methyl sites for hydroxylation is 1. The van der Waals surface area contributed by atoms with Crippen LogP contribution in [0.2, 0.25) is 0 Å². The molecule has 170 valence electrons. The molecule has 0 radical (unpaired) electrons. The number of ether oxygens (including phenoxy) is 1. The smallest absolute Gasteiger partial charge is 0.271 e. The van der Waals surface area contributed by atoms with E-state index in [-0.39, 0.29) is 5.91 Å². The molecule has 8 heteroatoms. The van der Waals surface area contributed by atoms with Gasteiger partial charge in [0.1, 0.15) is 0 Å². The molecule has 0 atom stereocenters. The van der Waals surface area contributed by atoms with Crippen molar-refractivity contribution in [3.05, 3.63) is 82.7 Å². The van der Waals surface area contributed by atoms with Gasteiger partial charge in [0.05, 0.1) is 23.0 Å². The van der Waals surface area contributed by atoms with Crippen molar-refractivity contribution in [3.8, 4) is 0 Å². The molecule has 0 saturated heterocycles. The van der Waals surface area contributed by atoms with Gasteiger partial charge in [-0.3, -0.25) is 4.79 Å². The van der Waals surface area contributed by atoms with Crippen LogP contribution < -0.4 is 5.43 Å². The van der Waals surface area contributed by atoms with Crippen LogP contribution >= 0.6 is 23.1 Å². The summed E-state index contributed by atoms with van der Waals surface area (Å²) in [4.78, 5) is 17.1. The molecule has 0 saturated carbocycles. The molecule has 0 spiro atoms. The molecule has 2 heterocycles. The van der Waals surface area contributed by atoms with Crippen molar-refractivity contribution >= 4 is 45.4 Å². The van der Waals surface area contributed by atoms with E-state index in [2.05, 4.69) is 39.1 Å². The van der Waals surface area contributed by atoms with E-state index in [4.69, 9.17) is 4.74 Å². The normalized spacial score (nSPS) is 11.5. The Morgan fingerprint density at radius 2 is 2.00 bits per heavy atom. The highest BCUT2D eigenvalue weighted by atomic mass is 32.2. The van der Waals surface area contributed by atoms with Crippen molar-refractivity contribution in [3.63, 3.8) is 0 Å². The number of carbonyl (C=O) groups is 1. The largest absolute Gasteiger partial charge is 0.383 e. The average Bonchev–Trinajstić information content (AvgIpc) is 3.36. The summed E-state index contributed by atoms with van der Waals surface area (Å²) in [7, 11) is 1.69. The number of methoxy groups -OCH3 is 1. The van der Waals surface area contributed by atoms with Crippen molar-refractivity contribution < 1.29 is 9.53 Å². The predicted octanol–water partition coefficient (Wildman–Crippen LogP) is 5.42. The van der Waals surface area contributed by atoms with E-state index < -0.39 is 0 Å². The molecular formula is C25H26N4O2S2. The van der Waals surface area contributed by atoms with Crippen molar-refractivity contribution in [1.82, 2.24) is 15.0 Å². The van der Waals surface area contributed by atoms with Gasteiger partial charge in [-0.1, -0.05) is 36.0 Å². The zero-order valence-corrected chi connectivity index (χ0v) is 20.5. The summed E-state index contributed by atoms with van der Waals surface area (Å²) < 4.78 is 9.60. The van der Waals surface area contributed by atoms with Gasteiger partial charge in [-0.15, -0.1) is 11.3 Å². The quantitative estimate of drug-likeness (QED) is 0.198. The summed E-state index contributed by atoms with van der Waals surface area (Å²) in [5.41, 5.74) is 8.58. The topological polar surface area (TPSA) is 68.5 Å². The van der Waals surface area contributed by atoms with E-state index in [0.29, 0.717) is 12.2 Å². The fourth-order valence-electron chi connectivity index (χ4n) is 3.52. The summed E-state index contributed by atoms with van der Waals surface area (Å²) in [5.74, 6) is 0.572. The minimum atomic E-state index is -0.232. The third kappa shape index (κ3) is 5.71. The van der Waals surface area contributed by atoms with Crippen LogP contribution in [0.4, 0.5) is 0 Å². The standard InChI is InChI=1S/C25H26N4O2S2/c1-17-14-21(18(2)29(17)12-13-31-3)15-26-28-24(30)20-10-8-19(9-11-20)16-32-25-27-22-6-4-5-7-23(22)33-25/h4-11,14-15H,12-13,16H2,1-3H3,(H,28,30)/b26-15-. The van der Waals surface area contributed by atoms with Gasteiger partial charge >= 0.3 is 0 Å². The molecule has 0 aliphatic rings. The van der Waals surface area contributed by atoms with Crippen molar-refractivity contribution in [2.24, 2.45) is 5.10 Å². The number of para-hydroxylation sites is 1. The maximum Gasteiger partial charge on any atom is 0.271 e. The second-order valence-electron chi connectivity index (χ2n) is 7.60. The van der Waals surface area contributed by atoms with E-state index in [1.807, 2.05) is 49.4 Å². The Balaban J connectivity index is 1.32. The van der Waals surface area contributed by atoms with Gasteiger partial charge in [-0.25, -0.2) is 10.4 Å². The van der Waals surface area contributed by atoms with Gasteiger partial charge in [0, 0.05) is 41.9 Å². The van der Waals surface area contributed by atoms with Gasteiger partial charge in [-0.05, 0) is 49.7 Å². The zero-order valence-electron chi connectivity index (χ0n) is 18.9. The molecule has 0 fully saturated rings. The average molecular weight is 479 g/mol. The van der Waals surface area contributed by atoms with Crippen LogP contribution in [0, 0.1) is 13.8 Å². The lowest BCUT2D eigenvalue weighted by Crippen LogP contribution is -2.17. The number of hydrogen-bond donors (Lipinski definition) is 1. The van der Waals surface area contributed by atoms with Crippen molar-refractivity contribution in [2.75, 3.05) is 13.7 Å². The molecule has 2 aromatic carbocycles. The lowest BCUT2D eigenvalue weighted by Gasteiger charge is -2.08. The van der Waals surface area contributed by atoms with Crippen LogP contribution in [0.25, 0.3) is 10.2 Å². The molecule has 4 aromatic rings. The number of nitrogens with one attached hydrogen (secondary N) is 1. The third-order valence-corrected chi connectivity index (χ3v) is 7.60. The summed E-state index contributed by atoms with van der Waals surface area (Å²) in [5, 5.41) is 4.15. The molecule has 1 amide bonds. The number of carbonyl (C=O) groups excluding carboxylic acids is 1. The van der Waals surface area contributed by atoms with E-state index in [1.165, 1.54) is 4.70 Å². The molecule has 0 aliphatic heterocycles. The Morgan fingerprint density at radius 3 is 2.76 bits per heavy atom. The Morgan fingerprint density at radius 1 is 1.21 bits per heavy atom. The fourth-order valence-corrected chi connectivity index (χ4v) is 5.54. The van der Waals surface area contributed by atoms with Crippen LogP contribution in [0.15, 0.2) is 64.0 Å². The molecule has 2 aromatic heterocycles. The van der Waals surface area contributed by atoms with Crippen molar-refractivity contribution in [2.45, 2.75) is 30.5 Å². The number of nitrogens with zero attached hydrogens (tertiary/aromatic N) is 3. The zero-order chi connectivity index (χ0) is 23.2. The maximum atomic E-state index is 12.5. The van der Waals surface area contributed by atoms with Crippen LogP contribution in [0.5, 0.6) is 0 Å². The van der Waals surface area contributed by atoms with Crippen LogP contribution in [-0.4, -0.2) is 35.4 Å². The van der Waals surface area contributed by atoms with Gasteiger partial charge in [-0.2, -0.15) is 5.10 Å². The minimum Gasteiger partial charge on any atom is -0.383 e. The van der Waals surface area contributed by atoms with E-state index in [1.54, 1.807) is 36.4 Å². The first-order valence-electron chi connectivity index (χ1n) is 10.6. The molecule has 4 rings (SSSR count). The number of amides is 1. The van der Waals surface area contributed by atoms with E-state index in [9.17, 15) is 4.79 Å². The third-order valence-electron chi connectivity index (χ3n) is 5.35. The second-order valence-corrected chi connectivity index (χ2v) is 9.86. The molecule has 6 nitrogen and oxygen atoms in total. The Bertz CT molecular complexity index is 1240. The van der Waals surface area contributed by atoms with E-state index >= 15 is 0 Å². The van der Waals surface area contributed by atoms with Crippen LogP contribution in [0.3, 0.4) is 0 Å². The first-order chi connectivity index (χ1) is 16.0. The highest BCUT2D eigenvalue weighted by Crippen LogP contribution is 2.31. The summed E-state index contributed by atoms with van der Waals surface area (Å²) in [6, 6.07) is 17.8. The number of rotatable bonds is 9. The molecule has 1 N–H and O–H groups in total.